The van der Waals surface area contributed by atoms with Crippen LogP contribution in [0.3, 0.4) is 0 Å². The van der Waals surface area contributed by atoms with Crippen LogP contribution >= 0.6 is 0 Å². The summed E-state index contributed by atoms with van der Waals surface area (Å²) in [6.07, 6.45) is 3.13. The van der Waals surface area contributed by atoms with Gasteiger partial charge < -0.3 is 15.3 Å². The van der Waals surface area contributed by atoms with Crippen LogP contribution in [0.5, 0.6) is 0 Å². The molecule has 0 radical (unpaired) electrons. The summed E-state index contributed by atoms with van der Waals surface area (Å²) in [6, 6.07) is 9.84. The van der Waals surface area contributed by atoms with Gasteiger partial charge in [-0.2, -0.15) is 5.10 Å². The number of aliphatic hydroxyl groups is 1. The lowest BCUT2D eigenvalue weighted by Gasteiger charge is -2.28. The summed E-state index contributed by atoms with van der Waals surface area (Å²) in [5, 5.41) is 16.7. The van der Waals surface area contributed by atoms with Crippen LogP contribution in [0.1, 0.15) is 31.9 Å². The van der Waals surface area contributed by atoms with Gasteiger partial charge in [0.05, 0.1) is 12.6 Å². The second-order valence-electron chi connectivity index (χ2n) is 6.28. The molecule has 2 N–H and O–H groups in total. The lowest BCUT2D eigenvalue weighted by atomic mass is 10.1. The van der Waals surface area contributed by atoms with Crippen molar-refractivity contribution < 1.29 is 9.90 Å². The van der Waals surface area contributed by atoms with Crippen LogP contribution in [0.25, 0.3) is 0 Å². The molecule has 0 saturated carbocycles. The third-order valence-electron chi connectivity index (χ3n) is 3.68. The fraction of sp³-hybridized carbons (Fsp3) is 0.444. The smallest absolute Gasteiger partial charge is 0.317 e. The minimum absolute atomic E-state index is 0.0331. The number of benzene rings is 1. The van der Waals surface area contributed by atoms with Gasteiger partial charge in [-0.15, -0.1) is 0 Å². The summed E-state index contributed by atoms with van der Waals surface area (Å²) in [4.78, 5) is 14.0. The van der Waals surface area contributed by atoms with E-state index < -0.39 is 6.10 Å². The molecule has 1 atom stereocenters. The van der Waals surface area contributed by atoms with E-state index in [1.54, 1.807) is 18.0 Å². The van der Waals surface area contributed by atoms with Gasteiger partial charge in [-0.1, -0.05) is 24.3 Å². The Labute approximate surface area is 143 Å². The first-order chi connectivity index (χ1) is 11.5. The monoisotopic (exact) mass is 330 g/mol. The van der Waals surface area contributed by atoms with Crippen molar-refractivity contribution in [3.63, 3.8) is 0 Å². The highest BCUT2D eigenvalue weighted by atomic mass is 16.3. The summed E-state index contributed by atoms with van der Waals surface area (Å²) < 4.78 is 1.86. The lowest BCUT2D eigenvalue weighted by Crippen LogP contribution is -2.46. The standard InChI is InChI=1S/C18H26N4O2/c1-14(2)22(12-15(3)23)18(24)19-11-16-6-4-7-17(10-16)13-21-9-5-8-20-21/h4-10,14-15,23H,11-13H2,1-3H3,(H,19,24). The summed E-state index contributed by atoms with van der Waals surface area (Å²) in [6.45, 7) is 7.04. The summed E-state index contributed by atoms with van der Waals surface area (Å²) in [5.41, 5.74) is 2.17. The molecule has 0 aliphatic carbocycles. The van der Waals surface area contributed by atoms with Crippen molar-refractivity contribution in [2.75, 3.05) is 6.54 Å². The number of rotatable bonds is 7. The first kappa shape index (κ1) is 18.0. The molecule has 0 fully saturated rings. The predicted octanol–water partition coefficient (Wildman–Crippen LogP) is 2.23. The number of amides is 2. The van der Waals surface area contributed by atoms with Crippen molar-refractivity contribution >= 4 is 6.03 Å². The fourth-order valence-corrected chi connectivity index (χ4v) is 2.51. The fourth-order valence-electron chi connectivity index (χ4n) is 2.51. The molecule has 0 saturated heterocycles. The first-order valence-electron chi connectivity index (χ1n) is 8.23. The average Bonchev–Trinajstić information content (AvgIpc) is 3.03. The number of aliphatic hydroxyl groups excluding tert-OH is 1. The second kappa shape index (κ2) is 8.49. The van der Waals surface area contributed by atoms with Crippen molar-refractivity contribution in [1.82, 2.24) is 20.0 Å². The summed E-state index contributed by atoms with van der Waals surface area (Å²) in [7, 11) is 0. The Kier molecular flexibility index (Phi) is 6.37. The number of nitrogens with zero attached hydrogens (tertiary/aromatic N) is 3. The van der Waals surface area contributed by atoms with E-state index in [2.05, 4.69) is 16.5 Å². The van der Waals surface area contributed by atoms with Crippen molar-refractivity contribution in [3.05, 3.63) is 53.9 Å². The maximum Gasteiger partial charge on any atom is 0.317 e. The topological polar surface area (TPSA) is 70.4 Å². The molecule has 0 bridgehead atoms. The Morgan fingerprint density at radius 3 is 2.67 bits per heavy atom. The van der Waals surface area contributed by atoms with Gasteiger partial charge in [-0.25, -0.2) is 4.79 Å². The van der Waals surface area contributed by atoms with Crippen LogP contribution < -0.4 is 5.32 Å². The van der Waals surface area contributed by atoms with Gasteiger partial charge in [-0.3, -0.25) is 4.68 Å². The maximum absolute atomic E-state index is 12.3. The Balaban J connectivity index is 1.94. The molecule has 2 aromatic rings. The molecule has 6 heteroatoms. The van der Waals surface area contributed by atoms with Crippen LogP contribution in [0, 0.1) is 0 Å². The van der Waals surface area contributed by atoms with Crippen LogP contribution in [0.2, 0.25) is 0 Å². The molecule has 1 unspecified atom stereocenters. The zero-order chi connectivity index (χ0) is 17.5. The average molecular weight is 330 g/mol. The van der Waals surface area contributed by atoms with Crippen molar-refractivity contribution in [2.45, 2.75) is 46.0 Å². The quantitative estimate of drug-likeness (QED) is 0.818. The lowest BCUT2D eigenvalue weighted by molar-refractivity contribution is 0.119. The minimum atomic E-state index is -0.546. The van der Waals surface area contributed by atoms with E-state index in [0.29, 0.717) is 19.6 Å². The molecule has 2 rings (SSSR count). The minimum Gasteiger partial charge on any atom is -0.392 e. The normalized spacial score (nSPS) is 12.2. The third kappa shape index (κ3) is 5.38. The molecular formula is C18H26N4O2. The molecule has 24 heavy (non-hydrogen) atoms. The predicted molar refractivity (Wildman–Crippen MR) is 93.5 cm³/mol. The van der Waals surface area contributed by atoms with Gasteiger partial charge in [0.2, 0.25) is 0 Å². The van der Waals surface area contributed by atoms with Gasteiger partial charge in [0, 0.05) is 31.5 Å². The number of nitrogens with one attached hydrogen (secondary N) is 1. The molecule has 130 valence electrons. The van der Waals surface area contributed by atoms with Gasteiger partial charge in [0.15, 0.2) is 0 Å². The Hall–Kier alpha value is -2.34. The highest BCUT2D eigenvalue weighted by Gasteiger charge is 2.18. The SMILES string of the molecule is CC(O)CN(C(=O)NCc1cccc(Cn2cccn2)c1)C(C)C. The highest BCUT2D eigenvalue weighted by Crippen LogP contribution is 2.08. The Bertz CT molecular complexity index is 638. The number of hydrogen-bond donors (Lipinski definition) is 2. The second-order valence-corrected chi connectivity index (χ2v) is 6.28. The Morgan fingerprint density at radius 2 is 2.04 bits per heavy atom. The molecule has 0 aliphatic rings. The maximum atomic E-state index is 12.3. The molecule has 6 nitrogen and oxygen atoms in total. The van der Waals surface area contributed by atoms with E-state index in [0.717, 1.165) is 11.1 Å². The number of carbonyl (C=O) groups is 1. The van der Waals surface area contributed by atoms with Gasteiger partial charge in [0.1, 0.15) is 0 Å². The highest BCUT2D eigenvalue weighted by molar-refractivity contribution is 5.74. The summed E-state index contributed by atoms with van der Waals surface area (Å²) >= 11 is 0. The molecule has 0 aliphatic heterocycles. The van der Waals surface area contributed by atoms with Crippen molar-refractivity contribution in [2.24, 2.45) is 0 Å². The number of carbonyl (C=O) groups excluding carboxylic acids is 1. The molecule has 1 aromatic carbocycles. The van der Waals surface area contributed by atoms with Crippen LogP contribution in [0.4, 0.5) is 4.79 Å². The van der Waals surface area contributed by atoms with E-state index in [-0.39, 0.29) is 12.1 Å². The largest absolute Gasteiger partial charge is 0.392 e. The molecule has 0 spiro atoms. The molecular weight excluding hydrogens is 304 g/mol. The zero-order valence-corrected chi connectivity index (χ0v) is 14.5. The third-order valence-corrected chi connectivity index (χ3v) is 3.68. The molecule has 1 heterocycles. The molecule has 1 aromatic heterocycles. The van der Waals surface area contributed by atoms with E-state index >= 15 is 0 Å². The van der Waals surface area contributed by atoms with Gasteiger partial charge >= 0.3 is 6.03 Å². The van der Waals surface area contributed by atoms with Gasteiger partial charge in [-0.05, 0) is 38.0 Å². The summed E-state index contributed by atoms with van der Waals surface area (Å²) in [5.74, 6) is 0. The van der Waals surface area contributed by atoms with Crippen molar-refractivity contribution in [1.29, 1.82) is 0 Å². The first-order valence-corrected chi connectivity index (χ1v) is 8.23. The van der Waals surface area contributed by atoms with E-state index in [1.807, 2.05) is 49.0 Å². The van der Waals surface area contributed by atoms with E-state index in [1.165, 1.54) is 0 Å². The number of urea groups is 1. The zero-order valence-electron chi connectivity index (χ0n) is 14.5. The van der Waals surface area contributed by atoms with Crippen LogP contribution in [0.15, 0.2) is 42.7 Å². The molecule has 2 amide bonds. The van der Waals surface area contributed by atoms with Crippen LogP contribution in [-0.2, 0) is 13.1 Å². The Morgan fingerprint density at radius 1 is 1.29 bits per heavy atom. The number of aromatic nitrogens is 2. The van der Waals surface area contributed by atoms with Crippen LogP contribution in [-0.4, -0.2) is 44.5 Å². The van der Waals surface area contributed by atoms with Gasteiger partial charge in [0.25, 0.3) is 0 Å². The van der Waals surface area contributed by atoms with E-state index in [9.17, 15) is 9.90 Å². The van der Waals surface area contributed by atoms with E-state index in [4.69, 9.17) is 0 Å². The van der Waals surface area contributed by atoms with Crippen molar-refractivity contribution in [3.8, 4) is 0 Å². The number of hydrogen-bond acceptors (Lipinski definition) is 3.